The van der Waals surface area contributed by atoms with Crippen molar-refractivity contribution in [1.29, 1.82) is 0 Å². The van der Waals surface area contributed by atoms with Crippen molar-refractivity contribution in [1.82, 2.24) is 9.97 Å². The van der Waals surface area contributed by atoms with Crippen LogP contribution in [0.2, 0.25) is 0 Å². The minimum Gasteiger partial charge on any atom is -0.261 e. The number of hydrogen-bond donors (Lipinski definition) is 0. The second kappa shape index (κ2) is 5.66. The van der Waals surface area contributed by atoms with Crippen LogP contribution >= 0.6 is 15.9 Å². The van der Waals surface area contributed by atoms with E-state index in [9.17, 15) is 0 Å². The fourth-order valence-corrected chi connectivity index (χ4v) is 3.36. The lowest BCUT2D eigenvalue weighted by Crippen LogP contribution is -2.19. The van der Waals surface area contributed by atoms with Crippen LogP contribution in [0, 0.1) is 0 Å². The highest BCUT2D eigenvalue weighted by Gasteiger charge is 2.27. The summed E-state index contributed by atoms with van der Waals surface area (Å²) in [6.07, 6.45) is 9.28. The van der Waals surface area contributed by atoms with E-state index >= 15 is 0 Å². The second-order valence-corrected chi connectivity index (χ2v) is 5.95. The van der Waals surface area contributed by atoms with Crippen molar-refractivity contribution in [3.8, 4) is 0 Å². The molecule has 0 amide bonds. The van der Waals surface area contributed by atoms with Crippen molar-refractivity contribution in [2.75, 3.05) is 0 Å². The topological polar surface area (TPSA) is 25.8 Å². The molecule has 0 fully saturated rings. The van der Waals surface area contributed by atoms with Gasteiger partial charge in [-0.05, 0) is 30.7 Å². The van der Waals surface area contributed by atoms with Gasteiger partial charge in [-0.3, -0.25) is 9.97 Å². The smallest absolute Gasteiger partial charge is 0.0483 e. The first-order valence-electron chi connectivity index (χ1n) is 6.49. The highest BCUT2D eigenvalue weighted by atomic mass is 79.9. The molecular formula is C16H15BrN2. The third-order valence-corrected chi connectivity index (χ3v) is 4.46. The van der Waals surface area contributed by atoms with Crippen LogP contribution in [-0.4, -0.2) is 14.8 Å². The van der Waals surface area contributed by atoms with E-state index in [0.717, 1.165) is 17.8 Å². The van der Waals surface area contributed by atoms with E-state index < -0.39 is 0 Å². The summed E-state index contributed by atoms with van der Waals surface area (Å²) in [5.41, 5.74) is 2.27. The molecule has 0 bridgehead atoms. The molecule has 3 heteroatoms. The van der Waals surface area contributed by atoms with Gasteiger partial charge in [0.15, 0.2) is 0 Å². The predicted molar refractivity (Wildman–Crippen MR) is 80.4 cm³/mol. The maximum atomic E-state index is 4.45. The number of allylic oxidation sites excluding steroid dienone is 2. The molecule has 1 aliphatic rings. The fourth-order valence-electron chi connectivity index (χ4n) is 2.51. The Hall–Kier alpha value is -1.48. The normalized spacial score (nSPS) is 26.3. The maximum Gasteiger partial charge on any atom is 0.0483 e. The number of nitrogens with zero attached hydrogens (tertiary/aromatic N) is 2. The summed E-state index contributed by atoms with van der Waals surface area (Å²) in [7, 11) is 0. The third kappa shape index (κ3) is 2.76. The molecule has 2 heterocycles. The Bertz CT molecular complexity index is 553. The lowest BCUT2D eigenvalue weighted by atomic mass is 9.84. The zero-order chi connectivity index (χ0) is 13.1. The Kier molecular flexibility index (Phi) is 3.74. The van der Waals surface area contributed by atoms with Gasteiger partial charge in [0.25, 0.3) is 0 Å². The minimum absolute atomic E-state index is 0.348. The van der Waals surface area contributed by atoms with Gasteiger partial charge in [0.05, 0.1) is 0 Å². The molecule has 0 N–H and O–H groups in total. The first kappa shape index (κ1) is 12.5. The fraction of sp³-hybridized carbons (Fsp3) is 0.250. The van der Waals surface area contributed by atoms with E-state index in [1.165, 1.54) is 0 Å². The molecule has 2 aromatic heterocycles. The van der Waals surface area contributed by atoms with Crippen molar-refractivity contribution in [3.05, 3.63) is 72.3 Å². The average molecular weight is 315 g/mol. The first-order valence-corrected chi connectivity index (χ1v) is 7.40. The highest BCUT2D eigenvalue weighted by Crippen LogP contribution is 2.38. The van der Waals surface area contributed by atoms with Crippen LogP contribution in [0.15, 0.2) is 60.9 Å². The van der Waals surface area contributed by atoms with E-state index in [4.69, 9.17) is 0 Å². The standard InChI is InChI=1S/C16H15BrN2/c17-14-11-12(15-5-1-3-9-18-15)7-8-13(14)16-6-2-4-10-19-16/h1-10,12-14H,11H2. The van der Waals surface area contributed by atoms with Crippen molar-refractivity contribution in [3.63, 3.8) is 0 Å². The van der Waals surface area contributed by atoms with Crippen molar-refractivity contribution in [2.45, 2.75) is 23.1 Å². The van der Waals surface area contributed by atoms with Gasteiger partial charge >= 0.3 is 0 Å². The third-order valence-electron chi connectivity index (χ3n) is 3.52. The quantitative estimate of drug-likeness (QED) is 0.617. The zero-order valence-electron chi connectivity index (χ0n) is 10.5. The van der Waals surface area contributed by atoms with E-state index in [2.05, 4.69) is 50.2 Å². The van der Waals surface area contributed by atoms with Crippen LogP contribution in [0.5, 0.6) is 0 Å². The van der Waals surface area contributed by atoms with Crippen LogP contribution in [-0.2, 0) is 0 Å². The summed E-state index contributed by atoms with van der Waals surface area (Å²) in [6.45, 7) is 0. The van der Waals surface area contributed by atoms with Crippen molar-refractivity contribution < 1.29 is 0 Å². The summed E-state index contributed by atoms with van der Waals surface area (Å²) in [5, 5.41) is 0. The Morgan fingerprint density at radius 2 is 1.58 bits per heavy atom. The van der Waals surface area contributed by atoms with Crippen LogP contribution in [0.1, 0.15) is 29.6 Å². The van der Waals surface area contributed by atoms with Gasteiger partial charge in [-0.2, -0.15) is 0 Å². The molecule has 19 heavy (non-hydrogen) atoms. The molecule has 2 aromatic rings. The van der Waals surface area contributed by atoms with Gasteiger partial charge in [-0.25, -0.2) is 0 Å². The van der Waals surface area contributed by atoms with E-state index in [-0.39, 0.29) is 0 Å². The molecule has 96 valence electrons. The Balaban J connectivity index is 1.83. The van der Waals surface area contributed by atoms with Crippen molar-refractivity contribution in [2.24, 2.45) is 0 Å². The van der Waals surface area contributed by atoms with Gasteiger partial charge in [-0.1, -0.05) is 40.2 Å². The number of halogens is 1. The SMILES string of the molecule is BrC1CC(c2ccccn2)C=CC1c1ccccn1. The van der Waals surface area contributed by atoms with Gasteiger partial charge in [0.2, 0.25) is 0 Å². The molecule has 0 radical (unpaired) electrons. The summed E-state index contributed by atoms with van der Waals surface area (Å²) in [5.74, 6) is 0.742. The summed E-state index contributed by atoms with van der Waals surface area (Å²) < 4.78 is 0. The monoisotopic (exact) mass is 314 g/mol. The molecule has 1 aliphatic carbocycles. The lowest BCUT2D eigenvalue weighted by Gasteiger charge is -2.27. The summed E-state index contributed by atoms with van der Waals surface area (Å²) >= 11 is 3.81. The van der Waals surface area contributed by atoms with Crippen LogP contribution in [0.3, 0.4) is 0 Å². The summed E-state index contributed by atoms with van der Waals surface area (Å²) in [4.78, 5) is 9.30. The number of alkyl halides is 1. The molecular weight excluding hydrogens is 300 g/mol. The number of rotatable bonds is 2. The molecule has 3 atom stereocenters. The van der Waals surface area contributed by atoms with Gasteiger partial charge < -0.3 is 0 Å². The molecule has 3 rings (SSSR count). The van der Waals surface area contributed by atoms with Crippen LogP contribution in [0.4, 0.5) is 0 Å². The van der Waals surface area contributed by atoms with E-state index in [1.807, 2.05) is 36.7 Å². The Morgan fingerprint density at radius 1 is 0.895 bits per heavy atom. The highest BCUT2D eigenvalue weighted by molar-refractivity contribution is 9.09. The molecule has 2 nitrogen and oxygen atoms in total. The number of aromatic nitrogens is 2. The molecule has 3 unspecified atom stereocenters. The lowest BCUT2D eigenvalue weighted by molar-refractivity contribution is 0.606. The first-order chi connectivity index (χ1) is 9.34. The largest absolute Gasteiger partial charge is 0.261 e. The molecule has 0 aromatic carbocycles. The van der Waals surface area contributed by atoms with E-state index in [0.29, 0.717) is 16.7 Å². The zero-order valence-corrected chi connectivity index (χ0v) is 12.1. The second-order valence-electron chi connectivity index (χ2n) is 4.78. The molecule has 0 aliphatic heterocycles. The van der Waals surface area contributed by atoms with Gasteiger partial charge in [-0.15, -0.1) is 0 Å². The van der Waals surface area contributed by atoms with Gasteiger partial charge in [0.1, 0.15) is 0 Å². The van der Waals surface area contributed by atoms with Crippen LogP contribution < -0.4 is 0 Å². The average Bonchev–Trinajstić information content (AvgIpc) is 2.49. The van der Waals surface area contributed by atoms with Crippen LogP contribution in [0.25, 0.3) is 0 Å². The number of hydrogen-bond acceptors (Lipinski definition) is 2. The molecule has 0 saturated heterocycles. The minimum atomic E-state index is 0.348. The molecule has 0 spiro atoms. The number of pyridine rings is 2. The van der Waals surface area contributed by atoms with Gasteiger partial charge in [0, 0.05) is 40.4 Å². The predicted octanol–water partition coefficient (Wildman–Crippen LogP) is 4.07. The van der Waals surface area contributed by atoms with Crippen molar-refractivity contribution >= 4 is 15.9 Å². The summed E-state index contributed by atoms with van der Waals surface area (Å²) in [6, 6.07) is 12.2. The Labute approximate surface area is 121 Å². The maximum absolute atomic E-state index is 4.45. The molecule has 0 saturated carbocycles. The Morgan fingerprint density at radius 3 is 2.16 bits per heavy atom. The van der Waals surface area contributed by atoms with E-state index in [1.54, 1.807) is 0 Å².